The second-order valence-corrected chi connectivity index (χ2v) is 4.42. The molecule has 1 aliphatic carbocycles. The highest BCUT2D eigenvalue weighted by Gasteiger charge is 2.64. The molecule has 1 aromatic carbocycles. The summed E-state index contributed by atoms with van der Waals surface area (Å²) in [7, 11) is 1.37. The van der Waals surface area contributed by atoms with Crippen molar-refractivity contribution in [2.45, 2.75) is 24.6 Å². The molecule has 0 unspecified atom stereocenters. The fraction of sp³-hybridized carbons (Fsp3) is 0.417. The number of halogens is 3. The molecule has 7 heteroatoms. The smallest absolute Gasteiger partial charge is 0.411 e. The molecule has 0 radical (unpaired) electrons. The molecule has 1 aromatic rings. The molecule has 0 aliphatic heterocycles. The van der Waals surface area contributed by atoms with Gasteiger partial charge in [0.05, 0.1) is 12.7 Å². The van der Waals surface area contributed by atoms with Crippen molar-refractivity contribution in [3.05, 3.63) is 23.8 Å². The molecule has 0 saturated heterocycles. The van der Waals surface area contributed by atoms with Gasteiger partial charge in [0.1, 0.15) is 17.0 Å². The van der Waals surface area contributed by atoms with Crippen molar-refractivity contribution in [1.29, 1.82) is 0 Å². The van der Waals surface area contributed by atoms with Crippen LogP contribution in [0.4, 0.5) is 13.2 Å². The SMILES string of the molecule is COc1ccc(C(=O)NC2(C(F)(F)F)CC2)c(O)c1. The number of ether oxygens (including phenoxy) is 1. The summed E-state index contributed by atoms with van der Waals surface area (Å²) in [5.41, 5.74) is -2.35. The van der Waals surface area contributed by atoms with Crippen LogP contribution in [0.2, 0.25) is 0 Å². The summed E-state index contributed by atoms with van der Waals surface area (Å²) in [6, 6.07) is 3.78. The van der Waals surface area contributed by atoms with E-state index in [1.54, 1.807) is 0 Å². The van der Waals surface area contributed by atoms with Crippen molar-refractivity contribution in [3.8, 4) is 11.5 Å². The monoisotopic (exact) mass is 275 g/mol. The van der Waals surface area contributed by atoms with E-state index in [9.17, 15) is 23.1 Å². The third-order valence-corrected chi connectivity index (χ3v) is 3.09. The lowest BCUT2D eigenvalue weighted by Crippen LogP contribution is -2.47. The summed E-state index contributed by atoms with van der Waals surface area (Å²) in [6.45, 7) is 0. The largest absolute Gasteiger partial charge is 0.507 e. The quantitative estimate of drug-likeness (QED) is 0.889. The summed E-state index contributed by atoms with van der Waals surface area (Å²) in [5.74, 6) is -1.06. The number of rotatable bonds is 3. The van der Waals surface area contributed by atoms with Gasteiger partial charge in [-0.15, -0.1) is 0 Å². The highest BCUT2D eigenvalue weighted by molar-refractivity contribution is 5.97. The van der Waals surface area contributed by atoms with E-state index in [2.05, 4.69) is 0 Å². The van der Waals surface area contributed by atoms with E-state index in [-0.39, 0.29) is 18.4 Å². The maximum absolute atomic E-state index is 12.7. The van der Waals surface area contributed by atoms with Crippen LogP contribution in [-0.4, -0.2) is 29.8 Å². The normalized spacial score (nSPS) is 16.8. The number of phenolic OH excluding ortho intramolecular Hbond substituents is 1. The zero-order valence-electron chi connectivity index (χ0n) is 10.0. The number of benzene rings is 1. The van der Waals surface area contributed by atoms with Crippen molar-refractivity contribution < 1.29 is 27.8 Å². The number of hydrogen-bond donors (Lipinski definition) is 2. The number of hydrogen-bond acceptors (Lipinski definition) is 3. The van der Waals surface area contributed by atoms with Gasteiger partial charge in [0.25, 0.3) is 5.91 Å². The highest BCUT2D eigenvalue weighted by Crippen LogP contribution is 2.49. The Balaban J connectivity index is 2.18. The first kappa shape index (κ1) is 13.5. The first-order valence-corrected chi connectivity index (χ1v) is 5.55. The molecule has 0 heterocycles. The summed E-state index contributed by atoms with van der Waals surface area (Å²) in [5, 5.41) is 11.5. The Hall–Kier alpha value is -1.92. The predicted octanol–water partition coefficient (Wildman–Crippen LogP) is 2.23. The Morgan fingerprint density at radius 1 is 1.42 bits per heavy atom. The average Bonchev–Trinajstić information content (AvgIpc) is 3.08. The van der Waals surface area contributed by atoms with Crippen molar-refractivity contribution in [2.24, 2.45) is 0 Å². The van der Waals surface area contributed by atoms with E-state index >= 15 is 0 Å². The van der Waals surface area contributed by atoms with E-state index in [1.807, 2.05) is 5.32 Å². The van der Waals surface area contributed by atoms with Crippen LogP contribution in [0.1, 0.15) is 23.2 Å². The second kappa shape index (κ2) is 4.32. The maximum Gasteiger partial charge on any atom is 0.411 e. The Morgan fingerprint density at radius 2 is 2.05 bits per heavy atom. The lowest BCUT2D eigenvalue weighted by molar-refractivity contribution is -0.163. The molecule has 1 fully saturated rings. The summed E-state index contributed by atoms with van der Waals surface area (Å²) in [6.07, 6.45) is -4.76. The molecular formula is C12H12F3NO3. The van der Waals surface area contributed by atoms with Crippen LogP contribution in [-0.2, 0) is 0 Å². The molecule has 1 aliphatic rings. The Labute approximate surface area is 107 Å². The molecule has 0 atom stereocenters. The van der Waals surface area contributed by atoms with Crippen LogP contribution in [0.15, 0.2) is 18.2 Å². The number of aromatic hydroxyl groups is 1. The van der Waals surface area contributed by atoms with Gasteiger partial charge in [-0.3, -0.25) is 4.79 Å². The predicted molar refractivity (Wildman–Crippen MR) is 60.1 cm³/mol. The van der Waals surface area contributed by atoms with Crippen LogP contribution in [0.5, 0.6) is 11.5 Å². The Bertz CT molecular complexity index is 509. The molecular weight excluding hydrogens is 263 g/mol. The van der Waals surface area contributed by atoms with Crippen LogP contribution in [0.25, 0.3) is 0 Å². The Kier molecular flexibility index (Phi) is 3.07. The van der Waals surface area contributed by atoms with E-state index in [0.29, 0.717) is 5.75 Å². The minimum Gasteiger partial charge on any atom is -0.507 e. The molecule has 2 rings (SSSR count). The standard InChI is InChI=1S/C12H12F3NO3/c1-19-7-2-3-8(9(17)6-7)10(18)16-11(4-5-11)12(13,14)15/h2-3,6,17H,4-5H2,1H3,(H,16,18). The van der Waals surface area contributed by atoms with Gasteiger partial charge in [-0.2, -0.15) is 13.2 Å². The van der Waals surface area contributed by atoms with Crippen LogP contribution in [0, 0.1) is 0 Å². The third-order valence-electron chi connectivity index (χ3n) is 3.09. The van der Waals surface area contributed by atoms with Gasteiger partial charge in [0.2, 0.25) is 0 Å². The van der Waals surface area contributed by atoms with Crippen molar-refractivity contribution >= 4 is 5.91 Å². The summed E-state index contributed by atoms with van der Waals surface area (Å²) < 4.78 is 42.9. The molecule has 0 aromatic heterocycles. The van der Waals surface area contributed by atoms with Crippen LogP contribution >= 0.6 is 0 Å². The molecule has 104 valence electrons. The number of alkyl halides is 3. The number of methoxy groups -OCH3 is 1. The van der Waals surface area contributed by atoms with Gasteiger partial charge >= 0.3 is 6.18 Å². The molecule has 2 N–H and O–H groups in total. The van der Waals surface area contributed by atoms with E-state index in [4.69, 9.17) is 4.74 Å². The topological polar surface area (TPSA) is 58.6 Å². The van der Waals surface area contributed by atoms with Gasteiger partial charge in [0.15, 0.2) is 0 Å². The Morgan fingerprint density at radius 3 is 2.47 bits per heavy atom. The zero-order valence-corrected chi connectivity index (χ0v) is 10.0. The van der Waals surface area contributed by atoms with Crippen molar-refractivity contribution in [1.82, 2.24) is 5.32 Å². The number of amides is 1. The lowest BCUT2D eigenvalue weighted by atomic mass is 10.1. The minimum atomic E-state index is -4.48. The average molecular weight is 275 g/mol. The molecule has 1 saturated carbocycles. The molecule has 0 bridgehead atoms. The maximum atomic E-state index is 12.7. The lowest BCUT2D eigenvalue weighted by Gasteiger charge is -2.21. The molecule has 0 spiro atoms. The molecule has 19 heavy (non-hydrogen) atoms. The highest BCUT2D eigenvalue weighted by atomic mass is 19.4. The first-order chi connectivity index (χ1) is 8.79. The zero-order chi connectivity index (χ0) is 14.3. The van der Waals surface area contributed by atoms with Crippen molar-refractivity contribution in [2.75, 3.05) is 7.11 Å². The number of nitrogens with one attached hydrogen (secondary N) is 1. The van der Waals surface area contributed by atoms with Gasteiger partial charge in [-0.25, -0.2) is 0 Å². The molecule has 1 amide bonds. The number of phenols is 1. The van der Waals surface area contributed by atoms with Crippen LogP contribution in [0.3, 0.4) is 0 Å². The van der Waals surface area contributed by atoms with Gasteiger partial charge in [-0.05, 0) is 25.0 Å². The fourth-order valence-corrected chi connectivity index (χ4v) is 1.72. The number of carbonyl (C=O) groups is 1. The van der Waals surface area contributed by atoms with Gasteiger partial charge < -0.3 is 15.2 Å². The van der Waals surface area contributed by atoms with Gasteiger partial charge in [-0.1, -0.05) is 0 Å². The van der Waals surface area contributed by atoms with Gasteiger partial charge in [0, 0.05) is 6.07 Å². The van der Waals surface area contributed by atoms with Crippen molar-refractivity contribution in [3.63, 3.8) is 0 Å². The summed E-state index contributed by atoms with van der Waals surface area (Å²) >= 11 is 0. The molecule has 4 nitrogen and oxygen atoms in total. The fourth-order valence-electron chi connectivity index (χ4n) is 1.72. The van der Waals surface area contributed by atoms with Crippen LogP contribution < -0.4 is 10.1 Å². The second-order valence-electron chi connectivity index (χ2n) is 4.42. The summed E-state index contributed by atoms with van der Waals surface area (Å²) in [4.78, 5) is 11.8. The third kappa shape index (κ3) is 2.45. The van der Waals surface area contributed by atoms with E-state index in [1.165, 1.54) is 25.3 Å². The van der Waals surface area contributed by atoms with E-state index < -0.39 is 23.4 Å². The first-order valence-electron chi connectivity index (χ1n) is 5.55. The van der Waals surface area contributed by atoms with E-state index in [0.717, 1.165) is 0 Å². The number of carbonyl (C=O) groups excluding carboxylic acids is 1. The minimum absolute atomic E-state index is 0.140.